The van der Waals surface area contributed by atoms with E-state index in [1.165, 1.54) is 0 Å². The summed E-state index contributed by atoms with van der Waals surface area (Å²) in [5, 5.41) is 7.98. The van der Waals surface area contributed by atoms with Crippen molar-refractivity contribution >= 4 is 0 Å². The molecule has 0 atom stereocenters. The van der Waals surface area contributed by atoms with Crippen LogP contribution in [0, 0.1) is 0 Å². The van der Waals surface area contributed by atoms with E-state index in [1.54, 1.807) is 6.92 Å². The van der Waals surface area contributed by atoms with Gasteiger partial charge in [0.25, 0.3) is 5.92 Å². The van der Waals surface area contributed by atoms with Gasteiger partial charge in [-0.1, -0.05) is 27.2 Å². The molecule has 0 aromatic carbocycles. The Bertz CT molecular complexity index is 64.6. The maximum absolute atomic E-state index is 11.9. The van der Waals surface area contributed by atoms with E-state index >= 15 is 0 Å². The maximum atomic E-state index is 11.9. The molecule has 3 heteroatoms. The fourth-order valence-electron chi connectivity index (χ4n) is 0.445. The highest BCUT2D eigenvalue weighted by Crippen LogP contribution is 2.18. The molecular formula is C7H16F2O. The average molecular weight is 154 g/mol. The van der Waals surface area contributed by atoms with E-state index < -0.39 is 12.5 Å². The minimum Gasteiger partial charge on any atom is -0.390 e. The highest BCUT2D eigenvalue weighted by molar-refractivity contribution is 4.61. The first-order valence-corrected chi connectivity index (χ1v) is 3.61. The summed E-state index contributed by atoms with van der Waals surface area (Å²) >= 11 is 0. The van der Waals surface area contributed by atoms with Gasteiger partial charge in [0.1, 0.15) is 6.61 Å². The molecule has 10 heavy (non-hydrogen) atoms. The molecule has 0 bridgehead atoms. The van der Waals surface area contributed by atoms with Crippen molar-refractivity contribution in [1.82, 2.24) is 0 Å². The number of halogens is 2. The van der Waals surface area contributed by atoms with Crippen molar-refractivity contribution < 1.29 is 13.9 Å². The SMILES string of the molecule is CC.CCCC(F)(F)CO. The molecule has 64 valence electrons. The van der Waals surface area contributed by atoms with E-state index in [2.05, 4.69) is 0 Å². The zero-order chi connectivity index (χ0) is 8.62. The Labute approximate surface area is 61.1 Å². The zero-order valence-corrected chi connectivity index (χ0v) is 6.82. The molecular weight excluding hydrogens is 138 g/mol. The molecule has 1 N–H and O–H groups in total. The molecule has 0 aliphatic carbocycles. The number of rotatable bonds is 3. The first-order chi connectivity index (χ1) is 4.62. The van der Waals surface area contributed by atoms with Crippen LogP contribution in [0.4, 0.5) is 8.78 Å². The van der Waals surface area contributed by atoms with Gasteiger partial charge in [0, 0.05) is 6.42 Å². The van der Waals surface area contributed by atoms with E-state index in [9.17, 15) is 8.78 Å². The quantitative estimate of drug-likeness (QED) is 0.662. The van der Waals surface area contributed by atoms with Crippen molar-refractivity contribution in [2.45, 2.75) is 39.5 Å². The van der Waals surface area contributed by atoms with Crippen LogP contribution in [-0.2, 0) is 0 Å². The molecule has 0 rings (SSSR count). The molecule has 0 aromatic rings. The van der Waals surface area contributed by atoms with Crippen LogP contribution in [0.2, 0.25) is 0 Å². The maximum Gasteiger partial charge on any atom is 0.270 e. The van der Waals surface area contributed by atoms with E-state index in [1.807, 2.05) is 13.8 Å². The smallest absolute Gasteiger partial charge is 0.270 e. The number of alkyl halides is 2. The van der Waals surface area contributed by atoms with Gasteiger partial charge in [-0.25, -0.2) is 8.78 Å². The van der Waals surface area contributed by atoms with Gasteiger partial charge in [0.05, 0.1) is 0 Å². The lowest BCUT2D eigenvalue weighted by molar-refractivity contribution is -0.0565. The third-order valence-electron chi connectivity index (χ3n) is 0.847. The number of hydrogen-bond acceptors (Lipinski definition) is 1. The van der Waals surface area contributed by atoms with Crippen LogP contribution in [0.15, 0.2) is 0 Å². The van der Waals surface area contributed by atoms with E-state index in [0.717, 1.165) is 0 Å². The first-order valence-electron chi connectivity index (χ1n) is 3.61. The zero-order valence-electron chi connectivity index (χ0n) is 6.82. The van der Waals surface area contributed by atoms with Crippen LogP contribution in [0.5, 0.6) is 0 Å². The molecule has 0 fully saturated rings. The van der Waals surface area contributed by atoms with Crippen LogP contribution in [0.1, 0.15) is 33.6 Å². The summed E-state index contributed by atoms with van der Waals surface area (Å²) in [6.45, 7) is 4.63. The molecule has 1 nitrogen and oxygen atoms in total. The number of aliphatic hydroxyl groups excluding tert-OH is 1. The first kappa shape index (κ1) is 12.5. The van der Waals surface area contributed by atoms with Crippen molar-refractivity contribution in [3.63, 3.8) is 0 Å². The lowest BCUT2D eigenvalue weighted by atomic mass is 10.2. The second-order valence-corrected chi connectivity index (χ2v) is 1.76. The lowest BCUT2D eigenvalue weighted by Crippen LogP contribution is -2.20. The Morgan fingerprint density at radius 3 is 1.80 bits per heavy atom. The second kappa shape index (κ2) is 6.93. The topological polar surface area (TPSA) is 20.2 Å². The Hall–Kier alpha value is -0.180. The summed E-state index contributed by atoms with van der Waals surface area (Å²) in [7, 11) is 0. The van der Waals surface area contributed by atoms with Gasteiger partial charge in [0.2, 0.25) is 0 Å². The third-order valence-corrected chi connectivity index (χ3v) is 0.847. The molecule has 0 aliphatic heterocycles. The minimum atomic E-state index is -2.85. The molecule has 0 radical (unpaired) electrons. The van der Waals surface area contributed by atoms with Crippen molar-refractivity contribution in [2.75, 3.05) is 6.61 Å². The van der Waals surface area contributed by atoms with E-state index in [4.69, 9.17) is 5.11 Å². The molecule has 0 aromatic heterocycles. The predicted octanol–water partition coefficient (Wildman–Crippen LogP) is 2.44. The molecule has 0 saturated carbocycles. The molecule has 0 unspecified atom stereocenters. The molecule has 0 aliphatic rings. The van der Waals surface area contributed by atoms with Crippen molar-refractivity contribution in [2.24, 2.45) is 0 Å². The normalized spacial score (nSPS) is 10.2. The summed E-state index contributed by atoms with van der Waals surface area (Å²) in [5.41, 5.74) is 0. The lowest BCUT2D eigenvalue weighted by Gasteiger charge is -2.09. The highest BCUT2D eigenvalue weighted by atomic mass is 19.3. The Balaban J connectivity index is 0. The summed E-state index contributed by atoms with van der Waals surface area (Å²) in [6.07, 6.45) is 0.192. The van der Waals surface area contributed by atoms with Gasteiger partial charge < -0.3 is 5.11 Å². The van der Waals surface area contributed by atoms with Crippen LogP contribution < -0.4 is 0 Å². The second-order valence-electron chi connectivity index (χ2n) is 1.76. The molecule has 0 spiro atoms. The third kappa shape index (κ3) is 7.82. The van der Waals surface area contributed by atoms with Gasteiger partial charge in [0.15, 0.2) is 0 Å². The predicted molar refractivity (Wildman–Crippen MR) is 38.3 cm³/mol. The van der Waals surface area contributed by atoms with Crippen LogP contribution in [-0.4, -0.2) is 17.6 Å². The fraction of sp³-hybridized carbons (Fsp3) is 1.00. The molecule has 0 heterocycles. The van der Waals surface area contributed by atoms with Gasteiger partial charge in [-0.2, -0.15) is 0 Å². The number of aliphatic hydroxyl groups is 1. The van der Waals surface area contributed by atoms with Crippen molar-refractivity contribution in [3.05, 3.63) is 0 Å². The molecule has 0 saturated heterocycles. The van der Waals surface area contributed by atoms with Crippen LogP contribution in [0.3, 0.4) is 0 Å². The summed E-state index contributed by atoms with van der Waals surface area (Å²) < 4.78 is 23.8. The summed E-state index contributed by atoms with van der Waals surface area (Å²) in [5.74, 6) is -2.85. The minimum absolute atomic E-state index is 0.219. The summed E-state index contributed by atoms with van der Waals surface area (Å²) in [4.78, 5) is 0. The van der Waals surface area contributed by atoms with Gasteiger partial charge >= 0.3 is 0 Å². The van der Waals surface area contributed by atoms with E-state index in [0.29, 0.717) is 6.42 Å². The van der Waals surface area contributed by atoms with Crippen LogP contribution in [0.25, 0.3) is 0 Å². The highest BCUT2D eigenvalue weighted by Gasteiger charge is 2.25. The van der Waals surface area contributed by atoms with Gasteiger partial charge in [-0.05, 0) is 0 Å². The fourth-order valence-corrected chi connectivity index (χ4v) is 0.445. The largest absolute Gasteiger partial charge is 0.390 e. The van der Waals surface area contributed by atoms with Crippen molar-refractivity contribution in [1.29, 1.82) is 0 Å². The van der Waals surface area contributed by atoms with Gasteiger partial charge in [-0.3, -0.25) is 0 Å². The van der Waals surface area contributed by atoms with E-state index in [-0.39, 0.29) is 6.42 Å². The number of hydrogen-bond donors (Lipinski definition) is 1. The molecule has 0 amide bonds. The summed E-state index contributed by atoms with van der Waals surface area (Å²) in [6, 6.07) is 0. The van der Waals surface area contributed by atoms with Gasteiger partial charge in [-0.15, -0.1) is 0 Å². The average Bonchev–Trinajstić information content (AvgIpc) is 1.93. The Kier molecular flexibility index (Phi) is 8.66. The van der Waals surface area contributed by atoms with Crippen LogP contribution >= 0.6 is 0 Å². The Morgan fingerprint density at radius 2 is 1.70 bits per heavy atom. The standard InChI is InChI=1S/C5H10F2O.C2H6/c1-2-3-5(6,7)4-8;1-2/h8H,2-4H2,1H3;1-2H3. The Morgan fingerprint density at radius 1 is 1.30 bits per heavy atom. The van der Waals surface area contributed by atoms with Crippen molar-refractivity contribution in [3.8, 4) is 0 Å². The monoisotopic (exact) mass is 154 g/mol.